The number of anilines is 1. The molecule has 0 bridgehead atoms. The maximum Gasteiger partial charge on any atom is 0.191 e. The number of guanidine groups is 1. The van der Waals surface area contributed by atoms with E-state index in [2.05, 4.69) is 25.9 Å². The van der Waals surface area contributed by atoms with Crippen molar-refractivity contribution in [2.45, 2.75) is 25.8 Å². The van der Waals surface area contributed by atoms with Crippen molar-refractivity contribution >= 4 is 46.4 Å². The fourth-order valence-corrected chi connectivity index (χ4v) is 3.94. The molecular formula is C19H28IN5OS. The van der Waals surface area contributed by atoms with Crippen molar-refractivity contribution in [1.29, 1.82) is 0 Å². The summed E-state index contributed by atoms with van der Waals surface area (Å²) < 4.78 is 5.38. The van der Waals surface area contributed by atoms with Crippen LogP contribution in [0.25, 0.3) is 0 Å². The molecule has 1 aromatic heterocycles. The van der Waals surface area contributed by atoms with Gasteiger partial charge in [-0.2, -0.15) is 0 Å². The van der Waals surface area contributed by atoms with Crippen molar-refractivity contribution in [1.82, 2.24) is 15.6 Å². The molecule has 2 aromatic rings. The van der Waals surface area contributed by atoms with Gasteiger partial charge in [-0.05, 0) is 18.9 Å². The van der Waals surface area contributed by atoms with Gasteiger partial charge in [0, 0.05) is 50.6 Å². The first-order valence-corrected chi connectivity index (χ1v) is 9.94. The normalized spacial score (nSPS) is 14.0. The molecule has 0 amide bonds. The van der Waals surface area contributed by atoms with Crippen LogP contribution in [-0.4, -0.2) is 44.7 Å². The standard InChI is InChI=1S/C19H27N5OS.HI/c1-20-18(22-13-15-7-3-4-8-17(15)25-2)21-10-9-16-14-26-19(23-16)24-11-5-6-12-24;/h3-4,7-8,14H,5-6,9-13H2,1-2H3,(H2,20,21,22);1H. The van der Waals surface area contributed by atoms with Gasteiger partial charge in [-0.25, -0.2) is 4.98 Å². The molecule has 148 valence electrons. The van der Waals surface area contributed by atoms with Crippen molar-refractivity contribution in [2.24, 2.45) is 4.99 Å². The van der Waals surface area contributed by atoms with Crippen LogP contribution in [0.15, 0.2) is 34.6 Å². The Kier molecular flexibility index (Phi) is 9.12. The van der Waals surface area contributed by atoms with Gasteiger partial charge < -0.3 is 20.3 Å². The van der Waals surface area contributed by atoms with Crippen LogP contribution in [-0.2, 0) is 13.0 Å². The number of methoxy groups -OCH3 is 1. The Morgan fingerprint density at radius 1 is 1.26 bits per heavy atom. The second-order valence-corrected chi connectivity index (χ2v) is 7.07. The van der Waals surface area contributed by atoms with E-state index >= 15 is 0 Å². The van der Waals surface area contributed by atoms with Crippen LogP contribution < -0.4 is 20.3 Å². The molecule has 1 aliphatic rings. The van der Waals surface area contributed by atoms with Crippen molar-refractivity contribution in [3.05, 3.63) is 40.9 Å². The maximum absolute atomic E-state index is 5.38. The molecule has 2 heterocycles. The number of rotatable bonds is 7. The van der Waals surface area contributed by atoms with Crippen molar-refractivity contribution in [3.63, 3.8) is 0 Å². The fourth-order valence-electron chi connectivity index (χ4n) is 3.02. The first-order valence-electron chi connectivity index (χ1n) is 9.06. The zero-order valence-corrected chi connectivity index (χ0v) is 19.0. The van der Waals surface area contributed by atoms with Gasteiger partial charge in [0.2, 0.25) is 0 Å². The Balaban J connectivity index is 0.00000261. The molecule has 0 aliphatic carbocycles. The summed E-state index contributed by atoms with van der Waals surface area (Å²) in [7, 11) is 3.47. The van der Waals surface area contributed by atoms with Crippen LogP contribution in [0.4, 0.5) is 5.13 Å². The van der Waals surface area contributed by atoms with E-state index in [1.807, 2.05) is 24.3 Å². The fraction of sp³-hybridized carbons (Fsp3) is 0.474. The van der Waals surface area contributed by atoms with E-state index in [-0.39, 0.29) is 24.0 Å². The van der Waals surface area contributed by atoms with Crippen LogP contribution in [0, 0.1) is 0 Å². The Bertz CT molecular complexity index is 730. The zero-order valence-electron chi connectivity index (χ0n) is 15.9. The van der Waals surface area contributed by atoms with E-state index in [9.17, 15) is 0 Å². The number of thiazole rings is 1. The van der Waals surface area contributed by atoms with Crippen molar-refractivity contribution in [2.75, 3.05) is 38.7 Å². The number of nitrogens with zero attached hydrogens (tertiary/aromatic N) is 3. The average molecular weight is 501 g/mol. The lowest BCUT2D eigenvalue weighted by Gasteiger charge is -2.13. The van der Waals surface area contributed by atoms with Crippen LogP contribution >= 0.6 is 35.3 Å². The van der Waals surface area contributed by atoms with E-state index in [0.29, 0.717) is 6.54 Å². The highest BCUT2D eigenvalue weighted by molar-refractivity contribution is 14.0. The van der Waals surface area contributed by atoms with E-state index in [4.69, 9.17) is 9.72 Å². The Morgan fingerprint density at radius 3 is 2.78 bits per heavy atom. The molecule has 1 aliphatic heterocycles. The number of hydrogen-bond donors (Lipinski definition) is 2. The smallest absolute Gasteiger partial charge is 0.191 e. The van der Waals surface area contributed by atoms with Gasteiger partial charge in [0.05, 0.1) is 12.8 Å². The Hall–Kier alpha value is -1.55. The number of hydrogen-bond acceptors (Lipinski definition) is 5. The highest BCUT2D eigenvalue weighted by atomic mass is 127. The molecule has 0 unspecified atom stereocenters. The molecule has 1 aromatic carbocycles. The lowest BCUT2D eigenvalue weighted by atomic mass is 10.2. The third kappa shape index (κ3) is 6.24. The van der Waals surface area contributed by atoms with E-state index < -0.39 is 0 Å². The minimum absolute atomic E-state index is 0. The van der Waals surface area contributed by atoms with Gasteiger partial charge in [-0.15, -0.1) is 35.3 Å². The molecule has 1 saturated heterocycles. The summed E-state index contributed by atoms with van der Waals surface area (Å²) in [6.45, 7) is 3.75. The first-order chi connectivity index (χ1) is 12.8. The predicted molar refractivity (Wildman–Crippen MR) is 124 cm³/mol. The van der Waals surface area contributed by atoms with E-state index in [0.717, 1.165) is 54.2 Å². The topological polar surface area (TPSA) is 61.8 Å². The molecule has 8 heteroatoms. The second-order valence-electron chi connectivity index (χ2n) is 6.23. The number of ether oxygens (including phenoxy) is 1. The second kappa shape index (κ2) is 11.3. The van der Waals surface area contributed by atoms with Crippen LogP contribution in [0.5, 0.6) is 5.75 Å². The van der Waals surface area contributed by atoms with Crippen LogP contribution in [0.1, 0.15) is 24.1 Å². The third-order valence-corrected chi connectivity index (χ3v) is 5.40. The highest BCUT2D eigenvalue weighted by Crippen LogP contribution is 2.24. The molecule has 1 fully saturated rings. The largest absolute Gasteiger partial charge is 0.496 e. The molecule has 6 nitrogen and oxygen atoms in total. The molecule has 0 spiro atoms. The number of benzene rings is 1. The summed E-state index contributed by atoms with van der Waals surface area (Å²) in [6, 6.07) is 8.00. The van der Waals surface area contributed by atoms with E-state index in [1.54, 1.807) is 25.5 Å². The van der Waals surface area contributed by atoms with Gasteiger partial charge in [0.15, 0.2) is 11.1 Å². The van der Waals surface area contributed by atoms with Gasteiger partial charge in [0.25, 0.3) is 0 Å². The monoisotopic (exact) mass is 501 g/mol. The summed E-state index contributed by atoms with van der Waals surface area (Å²) in [6.07, 6.45) is 3.45. The molecule has 0 saturated carbocycles. The number of aliphatic imine (C=N–C) groups is 1. The van der Waals surface area contributed by atoms with Gasteiger partial charge >= 0.3 is 0 Å². The Morgan fingerprint density at radius 2 is 2.04 bits per heavy atom. The van der Waals surface area contributed by atoms with Crippen molar-refractivity contribution in [3.8, 4) is 5.75 Å². The van der Waals surface area contributed by atoms with Gasteiger partial charge in [-0.1, -0.05) is 18.2 Å². The SMILES string of the molecule is CN=C(NCCc1csc(N2CCCC2)n1)NCc1ccccc1OC.I. The van der Waals surface area contributed by atoms with Crippen molar-refractivity contribution < 1.29 is 4.74 Å². The number of para-hydroxylation sites is 1. The molecular weight excluding hydrogens is 473 g/mol. The molecule has 0 radical (unpaired) electrons. The first kappa shape index (κ1) is 21.7. The van der Waals surface area contributed by atoms with Crippen LogP contribution in [0.2, 0.25) is 0 Å². The zero-order chi connectivity index (χ0) is 18.2. The summed E-state index contributed by atoms with van der Waals surface area (Å²) in [5.41, 5.74) is 2.25. The highest BCUT2D eigenvalue weighted by Gasteiger charge is 2.15. The maximum atomic E-state index is 5.38. The van der Waals surface area contributed by atoms with Gasteiger partial charge in [0.1, 0.15) is 5.75 Å². The third-order valence-electron chi connectivity index (χ3n) is 4.45. The number of aromatic nitrogens is 1. The predicted octanol–water partition coefficient (Wildman–Crippen LogP) is 3.28. The quantitative estimate of drug-likeness (QED) is 0.347. The summed E-state index contributed by atoms with van der Waals surface area (Å²) in [5.74, 6) is 1.67. The number of nitrogens with one attached hydrogen (secondary N) is 2. The van der Waals surface area contributed by atoms with Crippen LogP contribution in [0.3, 0.4) is 0 Å². The molecule has 0 atom stereocenters. The van der Waals surface area contributed by atoms with Gasteiger partial charge in [-0.3, -0.25) is 4.99 Å². The minimum Gasteiger partial charge on any atom is -0.496 e. The van der Waals surface area contributed by atoms with E-state index in [1.165, 1.54) is 12.8 Å². The average Bonchev–Trinajstić information content (AvgIpc) is 3.36. The summed E-state index contributed by atoms with van der Waals surface area (Å²) in [5, 5.41) is 10.0. The molecule has 3 rings (SSSR count). The molecule has 2 N–H and O–H groups in total. The minimum atomic E-state index is 0. The lowest BCUT2D eigenvalue weighted by molar-refractivity contribution is 0.409. The number of halogens is 1. The summed E-state index contributed by atoms with van der Waals surface area (Å²) >= 11 is 1.75. The molecule has 27 heavy (non-hydrogen) atoms. The summed E-state index contributed by atoms with van der Waals surface area (Å²) in [4.78, 5) is 11.4. The Labute approximate surface area is 182 Å². The lowest BCUT2D eigenvalue weighted by Crippen LogP contribution is -2.37.